The van der Waals surface area contributed by atoms with Gasteiger partial charge in [0.25, 0.3) is 0 Å². The molecule has 1 aliphatic rings. The standard InChI is InChI=1S/C18H13F6N3S2/c1-9-14(20)12(19)8-13(15(9)21)26-17-27(5-6-29-17)16(28)25-11-4-2-3-10(7-11)18(22,23)24/h2-4,7-8H,5-6H2,1H3,(H,25,28). The van der Waals surface area contributed by atoms with Crippen LogP contribution in [0.3, 0.4) is 0 Å². The van der Waals surface area contributed by atoms with E-state index < -0.39 is 40.4 Å². The maximum absolute atomic E-state index is 14.2. The Morgan fingerprint density at radius 3 is 2.59 bits per heavy atom. The molecule has 11 heteroatoms. The fourth-order valence-corrected chi connectivity index (χ4v) is 3.86. The molecule has 154 valence electrons. The number of hydrogen-bond acceptors (Lipinski definition) is 3. The van der Waals surface area contributed by atoms with Crippen molar-refractivity contribution < 1.29 is 26.3 Å². The molecule has 2 aromatic carbocycles. The zero-order valence-electron chi connectivity index (χ0n) is 14.8. The van der Waals surface area contributed by atoms with E-state index in [1.807, 2.05) is 0 Å². The van der Waals surface area contributed by atoms with Crippen molar-refractivity contribution in [2.45, 2.75) is 13.1 Å². The molecule has 3 rings (SSSR count). The second-order valence-electron chi connectivity index (χ2n) is 6.03. The van der Waals surface area contributed by atoms with Gasteiger partial charge < -0.3 is 5.32 Å². The number of nitrogens with one attached hydrogen (secondary N) is 1. The summed E-state index contributed by atoms with van der Waals surface area (Å²) in [7, 11) is 0. The molecule has 0 saturated carbocycles. The Balaban J connectivity index is 1.85. The summed E-state index contributed by atoms with van der Waals surface area (Å²) >= 11 is 6.44. The molecule has 0 unspecified atom stereocenters. The Bertz CT molecular complexity index is 990. The molecule has 1 fully saturated rings. The molecule has 1 aliphatic heterocycles. The summed E-state index contributed by atoms with van der Waals surface area (Å²) in [6.45, 7) is 1.45. The van der Waals surface area contributed by atoms with Crippen molar-refractivity contribution in [2.75, 3.05) is 17.6 Å². The first-order valence-corrected chi connectivity index (χ1v) is 9.58. The van der Waals surface area contributed by atoms with Gasteiger partial charge in [-0.25, -0.2) is 18.2 Å². The van der Waals surface area contributed by atoms with Crippen molar-refractivity contribution >= 4 is 45.6 Å². The highest BCUT2D eigenvalue weighted by molar-refractivity contribution is 8.14. The van der Waals surface area contributed by atoms with E-state index in [0.717, 1.165) is 19.1 Å². The maximum atomic E-state index is 14.2. The number of hydrogen-bond donors (Lipinski definition) is 1. The quantitative estimate of drug-likeness (QED) is 0.353. The van der Waals surface area contributed by atoms with Crippen LogP contribution in [0.15, 0.2) is 35.3 Å². The zero-order chi connectivity index (χ0) is 21.3. The largest absolute Gasteiger partial charge is 0.416 e. The van der Waals surface area contributed by atoms with Crippen molar-refractivity contribution in [3.05, 3.63) is 58.9 Å². The van der Waals surface area contributed by atoms with E-state index in [9.17, 15) is 26.3 Å². The molecule has 29 heavy (non-hydrogen) atoms. The fourth-order valence-electron chi connectivity index (χ4n) is 2.55. The molecular weight excluding hydrogens is 436 g/mol. The molecule has 1 N–H and O–H groups in total. The number of aliphatic imine (C=N–C) groups is 1. The summed E-state index contributed by atoms with van der Waals surface area (Å²) < 4.78 is 79.9. The Hall–Kier alpha value is -2.27. The predicted octanol–water partition coefficient (Wildman–Crippen LogP) is 5.86. The van der Waals surface area contributed by atoms with E-state index in [-0.39, 0.29) is 16.0 Å². The highest BCUT2D eigenvalue weighted by Gasteiger charge is 2.31. The summed E-state index contributed by atoms with van der Waals surface area (Å²) in [6.07, 6.45) is -4.50. The first kappa shape index (κ1) is 21.4. The van der Waals surface area contributed by atoms with Gasteiger partial charge in [-0.2, -0.15) is 13.2 Å². The van der Waals surface area contributed by atoms with Gasteiger partial charge in [0.2, 0.25) is 0 Å². The van der Waals surface area contributed by atoms with Crippen LogP contribution < -0.4 is 5.32 Å². The average Bonchev–Trinajstić information content (AvgIpc) is 3.12. The van der Waals surface area contributed by atoms with E-state index in [2.05, 4.69) is 10.3 Å². The lowest BCUT2D eigenvalue weighted by molar-refractivity contribution is -0.137. The number of thioether (sulfide) groups is 1. The van der Waals surface area contributed by atoms with Crippen LogP contribution in [0.25, 0.3) is 0 Å². The second kappa shape index (κ2) is 8.23. The van der Waals surface area contributed by atoms with E-state index in [1.165, 1.54) is 28.8 Å². The van der Waals surface area contributed by atoms with Crippen molar-refractivity contribution in [3.8, 4) is 0 Å². The van der Waals surface area contributed by atoms with Crippen molar-refractivity contribution in [1.29, 1.82) is 0 Å². The number of halogens is 6. The summed E-state index contributed by atoms with van der Waals surface area (Å²) in [5.74, 6) is -3.00. The molecule has 0 bridgehead atoms. The third-order valence-corrected chi connectivity index (χ3v) is 5.31. The van der Waals surface area contributed by atoms with Crippen LogP contribution >= 0.6 is 24.0 Å². The first-order valence-electron chi connectivity index (χ1n) is 8.19. The van der Waals surface area contributed by atoms with Crippen LogP contribution in [0.5, 0.6) is 0 Å². The number of nitrogens with zero attached hydrogens (tertiary/aromatic N) is 2. The fraction of sp³-hybridized carbons (Fsp3) is 0.222. The SMILES string of the molecule is Cc1c(F)c(F)cc(N=C2SCCN2C(=S)Nc2cccc(C(F)(F)F)c2)c1F. The van der Waals surface area contributed by atoms with Crippen molar-refractivity contribution in [1.82, 2.24) is 4.90 Å². The summed E-state index contributed by atoms with van der Waals surface area (Å²) in [6, 6.07) is 5.14. The van der Waals surface area contributed by atoms with Crippen molar-refractivity contribution in [2.24, 2.45) is 4.99 Å². The lowest BCUT2D eigenvalue weighted by atomic mass is 10.2. The molecular formula is C18H13F6N3S2. The van der Waals surface area contributed by atoms with Gasteiger partial charge in [-0.1, -0.05) is 17.8 Å². The lowest BCUT2D eigenvalue weighted by Gasteiger charge is -2.20. The van der Waals surface area contributed by atoms with Gasteiger partial charge in [0, 0.05) is 29.6 Å². The monoisotopic (exact) mass is 449 g/mol. The van der Waals surface area contributed by atoms with Crippen LogP contribution in [0, 0.1) is 24.4 Å². The second-order valence-corrected chi connectivity index (χ2v) is 7.48. The number of anilines is 1. The molecule has 0 spiro atoms. The minimum atomic E-state index is -4.50. The topological polar surface area (TPSA) is 27.6 Å². The molecule has 1 heterocycles. The summed E-state index contributed by atoms with van der Waals surface area (Å²) in [5, 5.41) is 2.96. The highest BCUT2D eigenvalue weighted by Crippen LogP contribution is 2.32. The molecule has 0 atom stereocenters. The van der Waals surface area contributed by atoms with Gasteiger partial charge in [0.05, 0.1) is 5.56 Å². The first-order chi connectivity index (χ1) is 13.6. The summed E-state index contributed by atoms with van der Waals surface area (Å²) in [5.41, 5.74) is -1.61. The highest BCUT2D eigenvalue weighted by atomic mass is 32.2. The average molecular weight is 449 g/mol. The minimum Gasteiger partial charge on any atom is -0.332 e. The van der Waals surface area contributed by atoms with Crippen LogP contribution in [-0.2, 0) is 6.18 Å². The smallest absolute Gasteiger partial charge is 0.332 e. The number of thiocarbonyl (C=S) groups is 1. The number of benzene rings is 2. The molecule has 3 nitrogen and oxygen atoms in total. The van der Waals surface area contributed by atoms with Gasteiger partial charge in [-0.05, 0) is 37.3 Å². The molecule has 0 aromatic heterocycles. The molecule has 0 radical (unpaired) electrons. The molecule has 1 saturated heterocycles. The molecule has 0 aliphatic carbocycles. The number of rotatable bonds is 2. The predicted molar refractivity (Wildman–Crippen MR) is 105 cm³/mol. The summed E-state index contributed by atoms with van der Waals surface area (Å²) in [4.78, 5) is 5.49. The third-order valence-electron chi connectivity index (χ3n) is 4.04. The van der Waals surface area contributed by atoms with Gasteiger partial charge in [-0.15, -0.1) is 0 Å². The lowest BCUT2D eigenvalue weighted by Crippen LogP contribution is -2.35. The van der Waals surface area contributed by atoms with E-state index in [1.54, 1.807) is 0 Å². The molecule has 2 aromatic rings. The third kappa shape index (κ3) is 4.67. The number of alkyl halides is 3. The van der Waals surface area contributed by atoms with Crippen LogP contribution in [-0.4, -0.2) is 27.5 Å². The Morgan fingerprint density at radius 1 is 1.17 bits per heavy atom. The minimum absolute atomic E-state index is 0.0489. The molecule has 0 amide bonds. The van der Waals surface area contributed by atoms with Crippen LogP contribution in [0.1, 0.15) is 11.1 Å². The van der Waals surface area contributed by atoms with Crippen LogP contribution in [0.2, 0.25) is 0 Å². The van der Waals surface area contributed by atoms with E-state index in [0.29, 0.717) is 18.4 Å². The Kier molecular flexibility index (Phi) is 6.08. The van der Waals surface area contributed by atoms with Gasteiger partial charge in [0.15, 0.2) is 27.7 Å². The number of amidine groups is 1. The normalized spacial score (nSPS) is 15.8. The Labute approximate surface area is 171 Å². The Morgan fingerprint density at radius 2 is 1.90 bits per heavy atom. The van der Waals surface area contributed by atoms with E-state index >= 15 is 0 Å². The van der Waals surface area contributed by atoms with Gasteiger partial charge in [-0.3, -0.25) is 4.90 Å². The van der Waals surface area contributed by atoms with Crippen molar-refractivity contribution in [3.63, 3.8) is 0 Å². The van der Waals surface area contributed by atoms with Gasteiger partial charge >= 0.3 is 6.18 Å². The zero-order valence-corrected chi connectivity index (χ0v) is 16.4. The van der Waals surface area contributed by atoms with Crippen LogP contribution in [0.4, 0.5) is 37.7 Å². The van der Waals surface area contributed by atoms with E-state index in [4.69, 9.17) is 12.2 Å². The maximum Gasteiger partial charge on any atom is 0.416 e. The van der Waals surface area contributed by atoms with Gasteiger partial charge in [0.1, 0.15) is 5.69 Å².